The molecule has 1 aliphatic heterocycles. The van der Waals surface area contributed by atoms with Gasteiger partial charge in [0.1, 0.15) is 11.7 Å². The SMILES string of the molecule is C#Cc1ccc(NC(=O)c2ccccc2NC(=O)c2ccc(C(=N)N3CCCCC3)cc2)nc1. The summed E-state index contributed by atoms with van der Waals surface area (Å²) < 4.78 is 0. The van der Waals surface area contributed by atoms with Crippen LogP contribution in [-0.2, 0) is 0 Å². The number of carbonyl (C=O) groups excluding carboxylic acids is 2. The Morgan fingerprint density at radius 3 is 2.26 bits per heavy atom. The lowest BCUT2D eigenvalue weighted by Crippen LogP contribution is -2.35. The molecule has 0 spiro atoms. The van der Waals surface area contributed by atoms with Crippen LogP contribution in [0.3, 0.4) is 0 Å². The Hall–Kier alpha value is -4.44. The maximum Gasteiger partial charge on any atom is 0.258 e. The number of para-hydroxylation sites is 1. The van der Waals surface area contributed by atoms with Gasteiger partial charge in [0.05, 0.1) is 11.3 Å². The normalized spacial score (nSPS) is 13.0. The van der Waals surface area contributed by atoms with E-state index >= 15 is 0 Å². The molecule has 7 heteroatoms. The van der Waals surface area contributed by atoms with Crippen LogP contribution in [0.25, 0.3) is 0 Å². The minimum Gasteiger partial charge on any atom is -0.357 e. The minimum atomic E-state index is -0.401. The van der Waals surface area contributed by atoms with Crippen LogP contribution in [0.2, 0.25) is 0 Å². The molecule has 3 N–H and O–H groups in total. The topological polar surface area (TPSA) is 98.2 Å². The summed E-state index contributed by atoms with van der Waals surface area (Å²) in [5.41, 5.74) is 2.53. The Morgan fingerprint density at radius 1 is 0.882 bits per heavy atom. The zero-order chi connectivity index (χ0) is 23.9. The minimum absolute atomic E-state index is 0.308. The van der Waals surface area contributed by atoms with E-state index in [1.165, 1.54) is 12.6 Å². The number of nitrogens with one attached hydrogen (secondary N) is 3. The second kappa shape index (κ2) is 10.5. The van der Waals surface area contributed by atoms with Crippen molar-refractivity contribution in [3.8, 4) is 12.3 Å². The standard InChI is InChI=1S/C27H25N5O2/c1-2-19-10-15-24(29-18-19)31-27(34)22-8-4-5-9-23(22)30-26(33)21-13-11-20(12-14-21)25(28)32-16-6-3-7-17-32/h1,4-5,8-15,18,28H,3,6-7,16-17H2,(H,30,33)(H,29,31,34). The molecule has 0 radical (unpaired) electrons. The average molecular weight is 452 g/mol. The van der Waals surface area contributed by atoms with Gasteiger partial charge < -0.3 is 15.5 Å². The van der Waals surface area contributed by atoms with E-state index in [0.29, 0.717) is 34.0 Å². The van der Waals surface area contributed by atoms with Crippen LogP contribution in [0.1, 0.15) is 51.1 Å². The molecule has 0 aliphatic carbocycles. The number of aromatic nitrogens is 1. The van der Waals surface area contributed by atoms with Gasteiger partial charge in [0.15, 0.2) is 0 Å². The van der Waals surface area contributed by atoms with Crippen LogP contribution in [0.5, 0.6) is 0 Å². The second-order valence-corrected chi connectivity index (χ2v) is 8.00. The van der Waals surface area contributed by atoms with Gasteiger partial charge in [-0.05, 0) is 55.7 Å². The van der Waals surface area contributed by atoms with E-state index in [-0.39, 0.29) is 5.91 Å². The van der Waals surface area contributed by atoms with Crippen LogP contribution in [0.15, 0.2) is 66.9 Å². The van der Waals surface area contributed by atoms with Crippen molar-refractivity contribution in [2.75, 3.05) is 23.7 Å². The highest BCUT2D eigenvalue weighted by atomic mass is 16.2. The molecule has 4 rings (SSSR count). The third-order valence-electron chi connectivity index (χ3n) is 5.68. The quantitative estimate of drug-likeness (QED) is 0.305. The number of carbonyl (C=O) groups is 2. The number of amidine groups is 1. The first-order chi connectivity index (χ1) is 16.5. The fraction of sp³-hybridized carbons (Fsp3) is 0.185. The molecule has 2 aromatic carbocycles. The van der Waals surface area contributed by atoms with Gasteiger partial charge in [-0.15, -0.1) is 6.42 Å². The van der Waals surface area contributed by atoms with Crippen molar-refractivity contribution in [3.63, 3.8) is 0 Å². The summed E-state index contributed by atoms with van der Waals surface area (Å²) in [4.78, 5) is 31.9. The molecule has 0 unspecified atom stereocenters. The summed E-state index contributed by atoms with van der Waals surface area (Å²) >= 11 is 0. The molecule has 1 aliphatic rings. The van der Waals surface area contributed by atoms with E-state index in [9.17, 15) is 9.59 Å². The number of terminal acetylenes is 1. The molecule has 3 aromatic rings. The lowest BCUT2D eigenvalue weighted by Gasteiger charge is -2.29. The molecule has 1 fully saturated rings. The Balaban J connectivity index is 1.44. The predicted molar refractivity (Wildman–Crippen MR) is 133 cm³/mol. The molecule has 1 saturated heterocycles. The molecular formula is C27H25N5O2. The number of rotatable bonds is 5. The maximum absolute atomic E-state index is 12.9. The van der Waals surface area contributed by atoms with Gasteiger partial charge in [0.25, 0.3) is 11.8 Å². The van der Waals surface area contributed by atoms with Gasteiger partial charge in [-0.3, -0.25) is 15.0 Å². The third-order valence-corrected chi connectivity index (χ3v) is 5.68. The molecule has 7 nitrogen and oxygen atoms in total. The number of anilines is 2. The number of amides is 2. The van der Waals surface area contributed by atoms with Crippen molar-refractivity contribution >= 4 is 29.2 Å². The van der Waals surface area contributed by atoms with Crippen molar-refractivity contribution in [1.29, 1.82) is 5.41 Å². The smallest absolute Gasteiger partial charge is 0.258 e. The van der Waals surface area contributed by atoms with Crippen LogP contribution in [0, 0.1) is 17.8 Å². The van der Waals surface area contributed by atoms with Crippen LogP contribution < -0.4 is 10.6 Å². The maximum atomic E-state index is 12.9. The van der Waals surface area contributed by atoms with E-state index in [1.807, 2.05) is 0 Å². The summed E-state index contributed by atoms with van der Waals surface area (Å²) in [7, 11) is 0. The van der Waals surface area contributed by atoms with E-state index in [2.05, 4.69) is 26.4 Å². The van der Waals surface area contributed by atoms with Gasteiger partial charge in [-0.1, -0.05) is 30.2 Å². The van der Waals surface area contributed by atoms with Crippen molar-refractivity contribution in [2.24, 2.45) is 0 Å². The Bertz CT molecular complexity index is 1240. The van der Waals surface area contributed by atoms with E-state index in [0.717, 1.165) is 31.5 Å². The molecule has 0 saturated carbocycles. The number of nitrogens with zero attached hydrogens (tertiary/aromatic N) is 2. The summed E-state index contributed by atoms with van der Waals surface area (Å²) in [6.07, 6.45) is 10.2. The van der Waals surface area contributed by atoms with Crippen LogP contribution in [0.4, 0.5) is 11.5 Å². The van der Waals surface area contributed by atoms with Crippen molar-refractivity contribution in [1.82, 2.24) is 9.88 Å². The van der Waals surface area contributed by atoms with Gasteiger partial charge in [0, 0.05) is 36.0 Å². The first kappa shape index (κ1) is 22.7. The zero-order valence-electron chi connectivity index (χ0n) is 18.7. The summed E-state index contributed by atoms with van der Waals surface area (Å²) in [6.45, 7) is 1.78. The monoisotopic (exact) mass is 451 g/mol. The number of pyridine rings is 1. The van der Waals surface area contributed by atoms with E-state index in [1.54, 1.807) is 60.7 Å². The summed E-state index contributed by atoms with van der Waals surface area (Å²) in [5.74, 6) is 2.58. The first-order valence-electron chi connectivity index (χ1n) is 11.1. The molecule has 170 valence electrons. The van der Waals surface area contributed by atoms with E-state index in [4.69, 9.17) is 11.8 Å². The zero-order valence-corrected chi connectivity index (χ0v) is 18.7. The summed E-state index contributed by atoms with van der Waals surface area (Å²) in [5, 5.41) is 14.0. The highest BCUT2D eigenvalue weighted by molar-refractivity contribution is 6.12. The Morgan fingerprint density at radius 2 is 1.59 bits per heavy atom. The lowest BCUT2D eigenvalue weighted by molar-refractivity contribution is 0.102. The van der Waals surface area contributed by atoms with Gasteiger partial charge in [0.2, 0.25) is 0 Å². The fourth-order valence-electron chi connectivity index (χ4n) is 3.80. The van der Waals surface area contributed by atoms with Gasteiger partial charge in [-0.25, -0.2) is 4.98 Å². The number of hydrogen-bond donors (Lipinski definition) is 3. The molecule has 34 heavy (non-hydrogen) atoms. The highest BCUT2D eigenvalue weighted by Gasteiger charge is 2.17. The number of hydrogen-bond acceptors (Lipinski definition) is 4. The molecule has 2 heterocycles. The first-order valence-corrected chi connectivity index (χ1v) is 11.1. The van der Waals surface area contributed by atoms with Crippen molar-refractivity contribution in [3.05, 3.63) is 89.1 Å². The Kier molecular flexibility index (Phi) is 6.99. The summed E-state index contributed by atoms with van der Waals surface area (Å²) in [6, 6.07) is 17.0. The highest BCUT2D eigenvalue weighted by Crippen LogP contribution is 2.19. The molecule has 2 amide bonds. The van der Waals surface area contributed by atoms with Gasteiger partial charge >= 0.3 is 0 Å². The molecule has 1 aromatic heterocycles. The van der Waals surface area contributed by atoms with Crippen LogP contribution >= 0.6 is 0 Å². The third kappa shape index (κ3) is 5.30. The fourth-order valence-corrected chi connectivity index (χ4v) is 3.80. The molecular weight excluding hydrogens is 426 g/mol. The van der Waals surface area contributed by atoms with Gasteiger partial charge in [-0.2, -0.15) is 0 Å². The van der Waals surface area contributed by atoms with Crippen LogP contribution in [-0.4, -0.2) is 40.6 Å². The largest absolute Gasteiger partial charge is 0.357 e. The molecule has 0 atom stereocenters. The number of likely N-dealkylation sites (tertiary alicyclic amines) is 1. The average Bonchev–Trinajstić information content (AvgIpc) is 2.89. The lowest BCUT2D eigenvalue weighted by atomic mass is 10.1. The molecule has 0 bridgehead atoms. The van der Waals surface area contributed by atoms with Crippen molar-refractivity contribution in [2.45, 2.75) is 19.3 Å². The van der Waals surface area contributed by atoms with E-state index < -0.39 is 5.91 Å². The number of benzene rings is 2. The second-order valence-electron chi connectivity index (χ2n) is 8.00. The van der Waals surface area contributed by atoms with Crippen molar-refractivity contribution < 1.29 is 9.59 Å². The Labute approximate surface area is 198 Å². The predicted octanol–water partition coefficient (Wildman–Crippen LogP) is 4.38. The number of piperidine rings is 1.